The van der Waals surface area contributed by atoms with Crippen LogP contribution >= 0.6 is 11.6 Å². The van der Waals surface area contributed by atoms with Gasteiger partial charge in [-0.05, 0) is 43.9 Å². The van der Waals surface area contributed by atoms with Gasteiger partial charge in [-0.3, -0.25) is 9.59 Å². The molecule has 1 aliphatic rings. The van der Waals surface area contributed by atoms with Crippen LogP contribution in [0, 0.1) is 17.7 Å². The van der Waals surface area contributed by atoms with Gasteiger partial charge in [0.2, 0.25) is 11.8 Å². The first-order chi connectivity index (χ1) is 13.0. The molecule has 3 rings (SSSR count). The van der Waals surface area contributed by atoms with Crippen LogP contribution in [0.2, 0.25) is 5.02 Å². The molecule has 27 heavy (non-hydrogen) atoms. The number of halogens is 2. The first-order valence-electron chi connectivity index (χ1n) is 9.11. The number of amides is 2. The van der Waals surface area contributed by atoms with Crippen LogP contribution in [0.1, 0.15) is 31.2 Å². The monoisotopic (exact) mass is 388 g/mol. The summed E-state index contributed by atoms with van der Waals surface area (Å²) in [5, 5.41) is 6.17. The van der Waals surface area contributed by atoms with E-state index in [0.717, 1.165) is 0 Å². The van der Waals surface area contributed by atoms with Crippen molar-refractivity contribution in [2.24, 2.45) is 11.8 Å². The van der Waals surface area contributed by atoms with Crippen molar-refractivity contribution in [3.05, 3.63) is 64.9 Å². The van der Waals surface area contributed by atoms with Crippen molar-refractivity contribution >= 4 is 29.1 Å². The summed E-state index contributed by atoms with van der Waals surface area (Å²) in [5.74, 6) is -0.729. The molecule has 2 aromatic carbocycles. The topological polar surface area (TPSA) is 58.2 Å². The number of nitrogens with one attached hydrogen (secondary N) is 2. The lowest BCUT2D eigenvalue weighted by Crippen LogP contribution is -2.35. The minimum atomic E-state index is -0.322. The number of carbonyl (C=O) groups is 2. The van der Waals surface area contributed by atoms with Crippen molar-refractivity contribution in [2.45, 2.75) is 32.2 Å². The second kappa shape index (κ2) is 9.00. The molecular formula is C21H22ClFN2O2. The molecule has 1 aliphatic carbocycles. The molecule has 0 heterocycles. The maximum absolute atomic E-state index is 13.6. The van der Waals surface area contributed by atoms with Gasteiger partial charge < -0.3 is 10.6 Å². The molecule has 0 aromatic heterocycles. The molecule has 0 spiro atoms. The summed E-state index contributed by atoms with van der Waals surface area (Å²) in [5.41, 5.74) is 1.08. The minimum absolute atomic E-state index is 0.0617. The van der Waals surface area contributed by atoms with Crippen LogP contribution in [0.5, 0.6) is 0 Å². The largest absolute Gasteiger partial charge is 0.352 e. The van der Waals surface area contributed by atoms with E-state index in [-0.39, 0.29) is 36.0 Å². The highest BCUT2D eigenvalue weighted by molar-refractivity contribution is 6.33. The molecule has 2 N–H and O–H groups in total. The van der Waals surface area contributed by atoms with E-state index in [1.54, 1.807) is 30.3 Å². The molecular weight excluding hydrogens is 367 g/mol. The normalized spacial score (nSPS) is 19.3. The first kappa shape index (κ1) is 19.4. The Morgan fingerprint density at radius 2 is 1.52 bits per heavy atom. The number of para-hydroxylation sites is 1. The van der Waals surface area contributed by atoms with Crippen molar-refractivity contribution in [3.63, 3.8) is 0 Å². The van der Waals surface area contributed by atoms with Gasteiger partial charge in [0.25, 0.3) is 0 Å². The second-order valence-corrected chi connectivity index (χ2v) is 7.23. The van der Waals surface area contributed by atoms with E-state index in [9.17, 15) is 14.0 Å². The fraction of sp³-hybridized carbons (Fsp3) is 0.333. The molecule has 0 atom stereocenters. The number of benzene rings is 2. The zero-order valence-electron chi connectivity index (χ0n) is 14.9. The molecule has 0 saturated heterocycles. The third-order valence-electron chi connectivity index (χ3n) is 5.01. The third-order valence-corrected chi connectivity index (χ3v) is 5.34. The zero-order chi connectivity index (χ0) is 19.2. The van der Waals surface area contributed by atoms with Crippen LogP contribution in [-0.2, 0) is 16.1 Å². The standard InChI is InChI=1S/C21H22ClFN2O2/c22-17-6-2-4-8-19(17)25-21(27)15-11-9-14(10-12-15)20(26)24-13-16-5-1-3-7-18(16)23/h1-8,14-15H,9-13H2,(H,24,26)(H,25,27). The van der Waals surface area contributed by atoms with Gasteiger partial charge in [-0.1, -0.05) is 41.9 Å². The smallest absolute Gasteiger partial charge is 0.227 e. The fourth-order valence-corrected chi connectivity index (χ4v) is 3.57. The summed E-state index contributed by atoms with van der Waals surface area (Å²) in [7, 11) is 0. The lowest BCUT2D eigenvalue weighted by atomic mass is 9.81. The summed E-state index contributed by atoms with van der Waals surface area (Å²) >= 11 is 6.07. The van der Waals surface area contributed by atoms with Gasteiger partial charge in [0, 0.05) is 23.9 Å². The molecule has 1 fully saturated rings. The predicted octanol–water partition coefficient (Wildman–Crippen LogP) is 4.54. The summed E-state index contributed by atoms with van der Waals surface area (Å²) in [6.45, 7) is 0.179. The second-order valence-electron chi connectivity index (χ2n) is 6.83. The quantitative estimate of drug-likeness (QED) is 0.790. The Morgan fingerprint density at radius 3 is 2.19 bits per heavy atom. The average Bonchev–Trinajstić information content (AvgIpc) is 2.69. The molecule has 2 amide bonds. The predicted molar refractivity (Wildman–Crippen MR) is 104 cm³/mol. The molecule has 0 aliphatic heterocycles. The van der Waals surface area contributed by atoms with Crippen LogP contribution in [0.4, 0.5) is 10.1 Å². The molecule has 4 nitrogen and oxygen atoms in total. The molecule has 142 valence electrons. The van der Waals surface area contributed by atoms with E-state index < -0.39 is 0 Å². The number of anilines is 1. The maximum atomic E-state index is 13.6. The highest BCUT2D eigenvalue weighted by Gasteiger charge is 2.30. The van der Waals surface area contributed by atoms with Gasteiger partial charge in [-0.2, -0.15) is 0 Å². The van der Waals surface area contributed by atoms with Crippen molar-refractivity contribution in [3.8, 4) is 0 Å². The number of carbonyl (C=O) groups excluding carboxylic acids is 2. The Kier molecular flexibility index (Phi) is 6.45. The van der Waals surface area contributed by atoms with E-state index in [1.165, 1.54) is 6.07 Å². The first-order valence-corrected chi connectivity index (χ1v) is 9.49. The Bertz CT molecular complexity index is 819. The van der Waals surface area contributed by atoms with Crippen LogP contribution in [0.25, 0.3) is 0 Å². The fourth-order valence-electron chi connectivity index (χ4n) is 3.38. The molecule has 0 radical (unpaired) electrons. The molecule has 2 aromatic rings. The van der Waals surface area contributed by atoms with E-state index >= 15 is 0 Å². The lowest BCUT2D eigenvalue weighted by Gasteiger charge is -2.27. The van der Waals surface area contributed by atoms with Crippen LogP contribution in [-0.4, -0.2) is 11.8 Å². The highest BCUT2D eigenvalue weighted by atomic mass is 35.5. The van der Waals surface area contributed by atoms with Crippen LogP contribution in [0.15, 0.2) is 48.5 Å². The number of hydrogen-bond donors (Lipinski definition) is 2. The zero-order valence-corrected chi connectivity index (χ0v) is 15.6. The number of hydrogen-bond acceptors (Lipinski definition) is 2. The minimum Gasteiger partial charge on any atom is -0.352 e. The number of rotatable bonds is 5. The van der Waals surface area contributed by atoms with Crippen molar-refractivity contribution in [1.82, 2.24) is 5.32 Å². The van der Waals surface area contributed by atoms with Crippen molar-refractivity contribution in [1.29, 1.82) is 0 Å². The van der Waals surface area contributed by atoms with Crippen molar-refractivity contribution < 1.29 is 14.0 Å². The van der Waals surface area contributed by atoms with Gasteiger partial charge >= 0.3 is 0 Å². The Hall–Kier alpha value is -2.40. The Labute approximate surface area is 163 Å². The molecule has 0 bridgehead atoms. The average molecular weight is 389 g/mol. The van der Waals surface area contributed by atoms with Gasteiger partial charge in [0.1, 0.15) is 5.82 Å². The van der Waals surface area contributed by atoms with E-state index in [1.807, 2.05) is 12.1 Å². The Morgan fingerprint density at radius 1 is 0.926 bits per heavy atom. The van der Waals surface area contributed by atoms with E-state index in [4.69, 9.17) is 11.6 Å². The summed E-state index contributed by atoms with van der Waals surface area (Å²) < 4.78 is 13.6. The Balaban J connectivity index is 1.47. The van der Waals surface area contributed by atoms with Crippen LogP contribution in [0.3, 0.4) is 0 Å². The summed E-state index contributed by atoms with van der Waals surface area (Å²) in [4.78, 5) is 24.8. The van der Waals surface area contributed by atoms with Crippen LogP contribution < -0.4 is 10.6 Å². The van der Waals surface area contributed by atoms with Crippen molar-refractivity contribution in [2.75, 3.05) is 5.32 Å². The van der Waals surface area contributed by atoms with E-state index in [2.05, 4.69) is 10.6 Å². The van der Waals surface area contributed by atoms with Gasteiger partial charge in [-0.15, -0.1) is 0 Å². The van der Waals surface area contributed by atoms with Gasteiger partial charge in [-0.25, -0.2) is 4.39 Å². The summed E-state index contributed by atoms with van der Waals surface area (Å²) in [6, 6.07) is 13.5. The lowest BCUT2D eigenvalue weighted by molar-refractivity contribution is -0.128. The summed E-state index contributed by atoms with van der Waals surface area (Å²) in [6.07, 6.45) is 2.58. The molecule has 0 unspecified atom stereocenters. The van der Waals surface area contributed by atoms with Gasteiger partial charge in [0.15, 0.2) is 0 Å². The third kappa shape index (κ3) is 5.07. The maximum Gasteiger partial charge on any atom is 0.227 e. The molecule has 6 heteroatoms. The SMILES string of the molecule is O=C(NCc1ccccc1F)C1CCC(C(=O)Nc2ccccc2Cl)CC1. The van der Waals surface area contributed by atoms with Gasteiger partial charge in [0.05, 0.1) is 10.7 Å². The molecule has 1 saturated carbocycles. The highest BCUT2D eigenvalue weighted by Crippen LogP contribution is 2.31. The van der Waals surface area contributed by atoms with E-state index in [0.29, 0.717) is 42.0 Å².